The Balaban J connectivity index is 1.70. The molecule has 1 fully saturated rings. The number of hydrogen-bond donors (Lipinski definition) is 0. The van der Waals surface area contributed by atoms with E-state index in [1.807, 2.05) is 18.2 Å². The van der Waals surface area contributed by atoms with Crippen molar-refractivity contribution in [1.82, 2.24) is 4.90 Å². The van der Waals surface area contributed by atoms with E-state index in [1.54, 1.807) is 6.92 Å². The first-order valence-electron chi connectivity index (χ1n) is 7.48. The molecule has 0 spiro atoms. The normalized spacial score (nSPS) is 16.6. The predicted octanol–water partition coefficient (Wildman–Crippen LogP) is 3.66. The summed E-state index contributed by atoms with van der Waals surface area (Å²) < 4.78 is 5.86. The highest BCUT2D eigenvalue weighted by molar-refractivity contribution is 5.97. The Morgan fingerprint density at radius 2 is 2.00 bits per heavy atom. The maximum absolute atomic E-state index is 11.4. The van der Waals surface area contributed by atoms with E-state index >= 15 is 0 Å². The van der Waals surface area contributed by atoms with Gasteiger partial charge in [0.05, 0.1) is 0 Å². The Hall–Kier alpha value is -1.61. The van der Waals surface area contributed by atoms with Crippen molar-refractivity contribution in [1.29, 1.82) is 0 Å². The minimum atomic E-state index is 0.1000. The predicted molar refractivity (Wildman–Crippen MR) is 80.2 cm³/mol. The number of likely N-dealkylation sites (tertiary alicyclic amines) is 1. The molecule has 3 nitrogen and oxygen atoms in total. The SMILES string of the molecule is CC(=O)c1ccc2oc(CCN3CCCCC3)cc2c1. The minimum Gasteiger partial charge on any atom is -0.461 e. The van der Waals surface area contributed by atoms with Crippen molar-refractivity contribution in [2.45, 2.75) is 32.6 Å². The van der Waals surface area contributed by atoms with Crippen LogP contribution >= 0.6 is 0 Å². The Labute approximate surface area is 119 Å². The summed E-state index contributed by atoms with van der Waals surface area (Å²) in [6.07, 6.45) is 4.96. The Morgan fingerprint density at radius 3 is 2.75 bits per heavy atom. The molecule has 2 heterocycles. The van der Waals surface area contributed by atoms with Gasteiger partial charge in [-0.3, -0.25) is 4.79 Å². The highest BCUT2D eigenvalue weighted by Gasteiger charge is 2.12. The molecule has 0 atom stereocenters. The molecule has 3 rings (SSSR count). The van der Waals surface area contributed by atoms with Crippen molar-refractivity contribution in [3.63, 3.8) is 0 Å². The number of carbonyl (C=O) groups is 1. The third kappa shape index (κ3) is 2.93. The molecular weight excluding hydrogens is 250 g/mol. The van der Waals surface area contributed by atoms with E-state index in [1.165, 1.54) is 32.4 Å². The molecule has 2 aromatic rings. The standard InChI is InChI=1S/C17H21NO2/c1-13(19)14-5-6-17-15(11-14)12-16(20-17)7-10-18-8-3-2-4-9-18/h5-6,11-12H,2-4,7-10H2,1H3. The van der Waals surface area contributed by atoms with Crippen LogP contribution in [0.4, 0.5) is 0 Å². The van der Waals surface area contributed by atoms with Gasteiger partial charge in [-0.05, 0) is 57.1 Å². The smallest absolute Gasteiger partial charge is 0.159 e. The summed E-state index contributed by atoms with van der Waals surface area (Å²) in [5.41, 5.74) is 1.63. The van der Waals surface area contributed by atoms with E-state index in [4.69, 9.17) is 4.42 Å². The van der Waals surface area contributed by atoms with E-state index in [0.717, 1.165) is 35.3 Å². The van der Waals surface area contributed by atoms with Crippen LogP contribution in [0, 0.1) is 0 Å². The molecule has 20 heavy (non-hydrogen) atoms. The summed E-state index contributed by atoms with van der Waals surface area (Å²) in [4.78, 5) is 13.9. The topological polar surface area (TPSA) is 33.5 Å². The first-order valence-corrected chi connectivity index (χ1v) is 7.48. The quantitative estimate of drug-likeness (QED) is 0.796. The van der Waals surface area contributed by atoms with Gasteiger partial charge in [0.2, 0.25) is 0 Å². The summed E-state index contributed by atoms with van der Waals surface area (Å²) in [7, 11) is 0. The second-order valence-electron chi connectivity index (χ2n) is 5.67. The van der Waals surface area contributed by atoms with Crippen LogP contribution in [0.2, 0.25) is 0 Å². The molecule has 106 valence electrons. The number of ketones is 1. The van der Waals surface area contributed by atoms with Crippen molar-refractivity contribution in [3.8, 4) is 0 Å². The second kappa shape index (κ2) is 5.80. The number of nitrogens with zero attached hydrogens (tertiary/aromatic N) is 1. The summed E-state index contributed by atoms with van der Waals surface area (Å²) >= 11 is 0. The largest absolute Gasteiger partial charge is 0.461 e. The molecule has 0 bridgehead atoms. The van der Waals surface area contributed by atoms with Gasteiger partial charge in [0.25, 0.3) is 0 Å². The number of piperidine rings is 1. The van der Waals surface area contributed by atoms with Crippen LogP contribution in [-0.4, -0.2) is 30.3 Å². The Bertz CT molecular complexity index is 608. The van der Waals surface area contributed by atoms with Gasteiger partial charge in [0.15, 0.2) is 5.78 Å². The van der Waals surface area contributed by atoms with Crippen molar-refractivity contribution >= 4 is 16.8 Å². The van der Waals surface area contributed by atoms with Crippen LogP contribution in [0.3, 0.4) is 0 Å². The molecular formula is C17H21NO2. The van der Waals surface area contributed by atoms with Crippen LogP contribution < -0.4 is 0 Å². The van der Waals surface area contributed by atoms with Crippen LogP contribution in [0.25, 0.3) is 11.0 Å². The molecule has 3 heteroatoms. The number of Topliss-reactive ketones (excluding diaryl/α,β-unsaturated/α-hetero) is 1. The van der Waals surface area contributed by atoms with Gasteiger partial charge >= 0.3 is 0 Å². The van der Waals surface area contributed by atoms with E-state index in [0.29, 0.717) is 0 Å². The van der Waals surface area contributed by atoms with Crippen LogP contribution in [0.1, 0.15) is 42.3 Å². The molecule has 0 aliphatic carbocycles. The third-order valence-electron chi connectivity index (χ3n) is 4.10. The first-order chi connectivity index (χ1) is 9.72. The minimum absolute atomic E-state index is 0.1000. The molecule has 0 unspecified atom stereocenters. The number of hydrogen-bond acceptors (Lipinski definition) is 3. The molecule has 0 amide bonds. The van der Waals surface area contributed by atoms with Gasteiger partial charge in [0.1, 0.15) is 11.3 Å². The van der Waals surface area contributed by atoms with Crippen molar-refractivity contribution in [2.24, 2.45) is 0 Å². The van der Waals surface area contributed by atoms with Gasteiger partial charge in [-0.15, -0.1) is 0 Å². The lowest BCUT2D eigenvalue weighted by atomic mass is 10.1. The zero-order chi connectivity index (χ0) is 13.9. The first kappa shape index (κ1) is 13.4. The molecule has 1 aromatic heterocycles. The third-order valence-corrected chi connectivity index (χ3v) is 4.10. The summed E-state index contributed by atoms with van der Waals surface area (Å²) in [6, 6.07) is 7.73. The van der Waals surface area contributed by atoms with Crippen molar-refractivity contribution < 1.29 is 9.21 Å². The van der Waals surface area contributed by atoms with Crippen molar-refractivity contribution in [2.75, 3.05) is 19.6 Å². The molecule has 0 saturated carbocycles. The monoisotopic (exact) mass is 271 g/mol. The summed E-state index contributed by atoms with van der Waals surface area (Å²) in [5.74, 6) is 1.12. The van der Waals surface area contributed by atoms with Crippen LogP contribution in [0.15, 0.2) is 28.7 Å². The fraction of sp³-hybridized carbons (Fsp3) is 0.471. The number of benzene rings is 1. The van der Waals surface area contributed by atoms with Crippen LogP contribution in [0.5, 0.6) is 0 Å². The fourth-order valence-electron chi connectivity index (χ4n) is 2.89. The lowest BCUT2D eigenvalue weighted by Gasteiger charge is -2.25. The Morgan fingerprint density at radius 1 is 1.20 bits per heavy atom. The van der Waals surface area contributed by atoms with E-state index in [9.17, 15) is 4.79 Å². The highest BCUT2D eigenvalue weighted by Crippen LogP contribution is 2.22. The van der Waals surface area contributed by atoms with Gasteiger partial charge in [0, 0.05) is 23.9 Å². The summed E-state index contributed by atoms with van der Waals surface area (Å²) in [6.45, 7) is 5.10. The highest BCUT2D eigenvalue weighted by atomic mass is 16.3. The number of furan rings is 1. The van der Waals surface area contributed by atoms with E-state index in [-0.39, 0.29) is 5.78 Å². The molecule has 0 N–H and O–H groups in total. The summed E-state index contributed by atoms with van der Waals surface area (Å²) in [5, 5.41) is 1.03. The van der Waals surface area contributed by atoms with Gasteiger partial charge < -0.3 is 9.32 Å². The lowest BCUT2D eigenvalue weighted by molar-refractivity contribution is 0.101. The van der Waals surface area contributed by atoms with Gasteiger partial charge in [-0.2, -0.15) is 0 Å². The maximum Gasteiger partial charge on any atom is 0.159 e. The molecule has 0 radical (unpaired) electrons. The Kier molecular flexibility index (Phi) is 3.88. The van der Waals surface area contributed by atoms with Gasteiger partial charge in [-0.1, -0.05) is 6.42 Å². The van der Waals surface area contributed by atoms with Crippen LogP contribution in [-0.2, 0) is 6.42 Å². The maximum atomic E-state index is 11.4. The van der Waals surface area contributed by atoms with E-state index < -0.39 is 0 Å². The van der Waals surface area contributed by atoms with E-state index in [2.05, 4.69) is 11.0 Å². The molecule has 1 aromatic carbocycles. The molecule has 1 aliphatic rings. The average molecular weight is 271 g/mol. The fourth-order valence-corrected chi connectivity index (χ4v) is 2.89. The van der Waals surface area contributed by atoms with Crippen molar-refractivity contribution in [3.05, 3.63) is 35.6 Å². The zero-order valence-electron chi connectivity index (χ0n) is 12.0. The second-order valence-corrected chi connectivity index (χ2v) is 5.67. The average Bonchev–Trinajstić information content (AvgIpc) is 2.88. The van der Waals surface area contributed by atoms with Gasteiger partial charge in [-0.25, -0.2) is 0 Å². The number of fused-ring (bicyclic) bond motifs is 1. The lowest BCUT2D eigenvalue weighted by Crippen LogP contribution is -2.31. The number of carbonyl (C=O) groups excluding carboxylic acids is 1. The number of rotatable bonds is 4. The zero-order valence-corrected chi connectivity index (χ0v) is 12.0. The molecule has 1 saturated heterocycles. The molecule has 1 aliphatic heterocycles.